The van der Waals surface area contributed by atoms with Gasteiger partial charge in [0.25, 0.3) is 11.9 Å². The lowest BCUT2D eigenvalue weighted by molar-refractivity contribution is -0.380. The summed E-state index contributed by atoms with van der Waals surface area (Å²) in [6.07, 6.45) is 1.06. The second-order valence-corrected chi connectivity index (χ2v) is 6.86. The lowest BCUT2D eigenvalue weighted by atomic mass is 9.43. The molecular formula is C12H12B3N3O5S. The quantitative estimate of drug-likeness (QED) is 0.250. The van der Waals surface area contributed by atoms with Crippen LogP contribution in [0.25, 0.3) is 0 Å². The number of rotatable bonds is 5. The number of ether oxygens (including phenoxy) is 1. The van der Waals surface area contributed by atoms with Crippen molar-refractivity contribution < 1.29 is 19.2 Å². The number of carbonyl (C=O) groups excluding carboxylic acids is 2. The number of nitro groups is 1. The summed E-state index contributed by atoms with van der Waals surface area (Å²) in [5, 5.41) is 12.3. The van der Waals surface area contributed by atoms with E-state index in [1.54, 1.807) is 35.7 Å². The summed E-state index contributed by atoms with van der Waals surface area (Å²) < 4.78 is 5.29. The van der Waals surface area contributed by atoms with E-state index in [1.807, 2.05) is 0 Å². The summed E-state index contributed by atoms with van der Waals surface area (Å²) in [6.45, 7) is 0. The van der Waals surface area contributed by atoms with Crippen LogP contribution >= 0.6 is 11.3 Å². The van der Waals surface area contributed by atoms with Crippen LogP contribution in [0, 0.1) is 10.1 Å². The number of carbonyl (C=O) groups is 2. The number of nitrogens with one attached hydrogen (secondary N) is 1. The molecule has 1 N–H and O–H groups in total. The molecular weight excluding hydrogens is 331 g/mol. The summed E-state index contributed by atoms with van der Waals surface area (Å²) in [5.74, 6) is -0.940. The first-order valence-corrected chi connectivity index (χ1v) is 7.73. The maximum Gasteiger partial charge on any atom is 0.345 e. The highest BCUT2D eigenvalue weighted by atomic mass is 32.1. The molecule has 12 heteroatoms. The van der Waals surface area contributed by atoms with Crippen LogP contribution in [0.4, 0.5) is 10.1 Å². The fourth-order valence-electron chi connectivity index (χ4n) is 1.57. The Kier molecular flexibility index (Phi) is 5.08. The van der Waals surface area contributed by atoms with Crippen LogP contribution in [0.5, 0.6) is 5.75 Å². The van der Waals surface area contributed by atoms with Gasteiger partial charge in [0.15, 0.2) is 5.13 Å². The number of thiazole rings is 1. The molecule has 2 aromatic rings. The third kappa shape index (κ3) is 4.22. The first-order valence-electron chi connectivity index (χ1n) is 6.91. The van der Waals surface area contributed by atoms with Crippen molar-refractivity contribution in [3.8, 4) is 5.75 Å². The number of anilines is 1. The molecule has 8 nitrogen and oxygen atoms in total. The van der Waals surface area contributed by atoms with Gasteiger partial charge in [0.2, 0.25) is 0 Å². The Balaban J connectivity index is 2.20. The second kappa shape index (κ2) is 6.87. The van der Waals surface area contributed by atoms with Gasteiger partial charge in [-0.1, -0.05) is 12.1 Å². The number of esters is 1. The first kappa shape index (κ1) is 17.7. The normalized spacial score (nSPS) is 10.8. The van der Waals surface area contributed by atoms with Gasteiger partial charge in [-0.2, -0.15) is 0 Å². The van der Waals surface area contributed by atoms with Crippen LogP contribution in [0.2, 0.25) is 5.11 Å². The van der Waals surface area contributed by atoms with Crippen LogP contribution in [0.1, 0.15) is 10.4 Å². The van der Waals surface area contributed by atoms with Crippen molar-refractivity contribution in [3.63, 3.8) is 0 Å². The van der Waals surface area contributed by atoms with Gasteiger partial charge in [-0.3, -0.25) is 25.0 Å². The predicted molar refractivity (Wildman–Crippen MR) is 97.1 cm³/mol. The predicted octanol–water partition coefficient (Wildman–Crippen LogP) is -0.818. The molecule has 0 unspecified atom stereocenters. The monoisotopic (exact) mass is 343 g/mol. The maximum absolute atomic E-state index is 12.3. The topological polar surface area (TPSA) is 111 Å². The molecule has 0 saturated heterocycles. The average molecular weight is 343 g/mol. The third-order valence-corrected chi connectivity index (χ3v) is 3.71. The van der Waals surface area contributed by atoms with E-state index < -0.39 is 21.9 Å². The molecule has 0 spiro atoms. The fourth-order valence-corrected chi connectivity index (χ4v) is 2.20. The van der Waals surface area contributed by atoms with Crippen molar-refractivity contribution in [2.45, 2.75) is 5.11 Å². The van der Waals surface area contributed by atoms with Gasteiger partial charge in [-0.05, 0) is 28.6 Å². The van der Waals surface area contributed by atoms with Crippen molar-refractivity contribution >= 4 is 56.9 Å². The number of aromatic nitrogens is 1. The van der Waals surface area contributed by atoms with E-state index in [0.717, 1.165) is 17.5 Å². The van der Waals surface area contributed by atoms with Crippen LogP contribution in [0.15, 0.2) is 30.5 Å². The van der Waals surface area contributed by atoms with Crippen LogP contribution < -0.4 is 10.1 Å². The van der Waals surface area contributed by atoms with Crippen LogP contribution in [-0.4, -0.2) is 45.3 Å². The molecule has 2 rings (SSSR count). The van der Waals surface area contributed by atoms with Crippen molar-refractivity contribution in [1.29, 1.82) is 0 Å². The van der Waals surface area contributed by atoms with Crippen molar-refractivity contribution in [2.24, 2.45) is 0 Å². The number of benzene rings is 1. The number of hydrogen-bond acceptors (Lipinski definition) is 7. The number of para-hydroxylation sites is 1. The highest BCUT2D eigenvalue weighted by Gasteiger charge is 2.25. The standard InChI is InChI=1S/C12H12B3N3O5S/c13-12(14,15)10(20)23-7-4-2-1-3-6(7)9(19)17-11-16-5-8(24-11)18(21)22/h1-5H,13-15H2,(H,16,17,19). The van der Waals surface area contributed by atoms with E-state index in [-0.39, 0.29) is 21.4 Å². The number of hydrogen-bond donors (Lipinski definition) is 1. The summed E-state index contributed by atoms with van der Waals surface area (Å²) in [5.41, 5.74) is 0.132. The van der Waals surface area contributed by atoms with Gasteiger partial charge in [0, 0.05) is 0 Å². The molecule has 0 aliphatic rings. The summed E-state index contributed by atoms with van der Waals surface area (Å²) >= 11 is 0.738. The maximum atomic E-state index is 12.3. The molecule has 0 aliphatic carbocycles. The molecule has 24 heavy (non-hydrogen) atoms. The number of nitrogens with zero attached hydrogens (tertiary/aromatic N) is 2. The highest BCUT2D eigenvalue weighted by Crippen LogP contribution is 2.27. The van der Waals surface area contributed by atoms with Crippen molar-refractivity contribution in [2.75, 3.05) is 5.32 Å². The van der Waals surface area contributed by atoms with E-state index in [4.69, 9.17) is 4.74 Å². The van der Waals surface area contributed by atoms with Crippen molar-refractivity contribution in [1.82, 2.24) is 4.98 Å². The molecule has 0 radical (unpaired) electrons. The fraction of sp³-hybridized carbons (Fsp3) is 0.0833. The van der Waals surface area contributed by atoms with E-state index in [1.165, 1.54) is 12.1 Å². The van der Waals surface area contributed by atoms with Gasteiger partial charge in [-0.15, -0.1) is 0 Å². The molecule has 120 valence electrons. The minimum absolute atomic E-state index is 0.0867. The molecule has 0 aliphatic heterocycles. The molecule has 1 aromatic heterocycles. The summed E-state index contributed by atoms with van der Waals surface area (Å²) in [6, 6.07) is 6.25. The minimum atomic E-state index is -0.723. The zero-order chi connectivity index (χ0) is 17.9. The van der Waals surface area contributed by atoms with E-state index in [0.29, 0.717) is 0 Å². The van der Waals surface area contributed by atoms with Crippen LogP contribution in [0.3, 0.4) is 0 Å². The molecule has 1 aromatic carbocycles. The molecule has 0 saturated carbocycles. The lowest BCUT2D eigenvalue weighted by Gasteiger charge is -2.17. The highest BCUT2D eigenvalue weighted by molar-refractivity contribution is 7.18. The molecule has 0 bridgehead atoms. The smallest absolute Gasteiger partial charge is 0.345 e. The first-order chi connectivity index (χ1) is 11.2. The Morgan fingerprint density at radius 3 is 2.54 bits per heavy atom. The Hall–Kier alpha value is -2.62. The second-order valence-electron chi connectivity index (χ2n) is 5.85. The van der Waals surface area contributed by atoms with Crippen LogP contribution in [-0.2, 0) is 4.79 Å². The Bertz CT molecular complexity index is 805. The zero-order valence-corrected chi connectivity index (χ0v) is 14.0. The minimum Gasteiger partial charge on any atom is -0.427 e. The average Bonchev–Trinajstić information content (AvgIpc) is 2.95. The molecule has 0 atom stereocenters. The SMILES string of the molecule is BC(B)(B)C(=O)Oc1ccccc1C(=O)Nc1ncc([N+](=O)[O-])s1. The van der Waals surface area contributed by atoms with Gasteiger partial charge in [0.1, 0.15) is 35.5 Å². The largest absolute Gasteiger partial charge is 0.427 e. The molecule has 1 amide bonds. The zero-order valence-electron chi connectivity index (χ0n) is 13.2. The van der Waals surface area contributed by atoms with Gasteiger partial charge >= 0.3 is 5.00 Å². The van der Waals surface area contributed by atoms with Gasteiger partial charge in [-0.25, -0.2) is 4.98 Å². The van der Waals surface area contributed by atoms with Crippen molar-refractivity contribution in [3.05, 3.63) is 46.1 Å². The van der Waals surface area contributed by atoms with E-state index in [2.05, 4.69) is 10.3 Å². The van der Waals surface area contributed by atoms with Gasteiger partial charge in [0.05, 0.1) is 10.5 Å². The van der Waals surface area contributed by atoms with E-state index >= 15 is 0 Å². The number of amides is 1. The Morgan fingerprint density at radius 2 is 1.96 bits per heavy atom. The Labute approximate surface area is 144 Å². The molecule has 0 fully saturated rings. The summed E-state index contributed by atoms with van der Waals surface area (Å²) in [7, 11) is 5.10. The summed E-state index contributed by atoms with van der Waals surface area (Å²) in [4.78, 5) is 38.2. The Morgan fingerprint density at radius 1 is 1.29 bits per heavy atom. The van der Waals surface area contributed by atoms with E-state index in [9.17, 15) is 19.7 Å². The molecule has 1 heterocycles. The lowest BCUT2D eigenvalue weighted by Crippen LogP contribution is -2.30. The van der Waals surface area contributed by atoms with Gasteiger partial charge < -0.3 is 4.74 Å². The third-order valence-electron chi connectivity index (χ3n) is 2.84.